The van der Waals surface area contributed by atoms with Crippen molar-refractivity contribution in [1.29, 1.82) is 0 Å². The molecule has 0 heterocycles. The van der Waals surface area contributed by atoms with Crippen LogP contribution in [0.1, 0.15) is 40.0 Å². The molecule has 1 amide bonds. The van der Waals surface area contributed by atoms with E-state index >= 15 is 0 Å². The summed E-state index contributed by atoms with van der Waals surface area (Å²) >= 11 is 0. The summed E-state index contributed by atoms with van der Waals surface area (Å²) in [4.78, 5) is 11.3. The van der Waals surface area contributed by atoms with Gasteiger partial charge in [-0.2, -0.15) is 0 Å². The Kier molecular flexibility index (Phi) is 4.18. The molecular formula is C12H21NO2. The third kappa shape index (κ3) is 5.45. The first-order chi connectivity index (χ1) is 6.97. The number of alkyl carbamates (subject to hydrolysis) is 1. The van der Waals surface area contributed by atoms with Crippen LogP contribution < -0.4 is 5.32 Å². The fraction of sp³-hybridized carbons (Fsp3) is 0.750. The number of rotatable bonds is 3. The van der Waals surface area contributed by atoms with E-state index in [9.17, 15) is 4.79 Å². The molecule has 86 valence electrons. The molecule has 3 nitrogen and oxygen atoms in total. The molecule has 0 aromatic heterocycles. The maximum atomic E-state index is 11.3. The number of hydrogen-bond acceptors (Lipinski definition) is 2. The molecule has 0 saturated carbocycles. The summed E-state index contributed by atoms with van der Waals surface area (Å²) in [5, 5.41) is 2.77. The molecular weight excluding hydrogens is 190 g/mol. The van der Waals surface area contributed by atoms with E-state index in [1.54, 1.807) is 0 Å². The zero-order valence-corrected chi connectivity index (χ0v) is 9.88. The molecule has 1 aliphatic carbocycles. The lowest BCUT2D eigenvalue weighted by molar-refractivity contribution is 0.0526. The first kappa shape index (κ1) is 12.1. The third-order valence-corrected chi connectivity index (χ3v) is 2.30. The molecule has 0 fully saturated rings. The topological polar surface area (TPSA) is 38.3 Å². The largest absolute Gasteiger partial charge is 0.444 e. The van der Waals surface area contributed by atoms with Gasteiger partial charge < -0.3 is 10.1 Å². The summed E-state index contributed by atoms with van der Waals surface area (Å²) in [6.45, 7) is 6.30. The van der Waals surface area contributed by atoms with Crippen molar-refractivity contribution in [3.63, 3.8) is 0 Å². The summed E-state index contributed by atoms with van der Waals surface area (Å²) in [6.07, 6.45) is 7.53. The first-order valence-corrected chi connectivity index (χ1v) is 5.61. The number of amides is 1. The zero-order valence-electron chi connectivity index (χ0n) is 9.88. The average molecular weight is 211 g/mol. The highest BCUT2D eigenvalue weighted by Gasteiger charge is 2.16. The number of nitrogens with one attached hydrogen (secondary N) is 1. The minimum Gasteiger partial charge on any atom is -0.444 e. The van der Waals surface area contributed by atoms with E-state index in [0.717, 1.165) is 6.42 Å². The molecule has 0 spiro atoms. The first-order valence-electron chi connectivity index (χ1n) is 5.61. The van der Waals surface area contributed by atoms with Crippen LogP contribution in [-0.2, 0) is 4.74 Å². The van der Waals surface area contributed by atoms with Gasteiger partial charge >= 0.3 is 6.09 Å². The summed E-state index contributed by atoms with van der Waals surface area (Å²) < 4.78 is 5.13. The van der Waals surface area contributed by atoms with E-state index in [-0.39, 0.29) is 6.09 Å². The van der Waals surface area contributed by atoms with Crippen molar-refractivity contribution in [2.24, 2.45) is 5.92 Å². The van der Waals surface area contributed by atoms with Gasteiger partial charge in [0.25, 0.3) is 0 Å². The number of hydrogen-bond donors (Lipinski definition) is 1. The van der Waals surface area contributed by atoms with Crippen molar-refractivity contribution in [1.82, 2.24) is 5.32 Å². The van der Waals surface area contributed by atoms with E-state index in [4.69, 9.17) is 4.74 Å². The maximum absolute atomic E-state index is 11.3. The Morgan fingerprint density at radius 1 is 1.53 bits per heavy atom. The molecule has 1 rings (SSSR count). The van der Waals surface area contributed by atoms with E-state index in [1.165, 1.54) is 12.8 Å². The Hall–Kier alpha value is -0.990. The second kappa shape index (κ2) is 5.19. The third-order valence-electron chi connectivity index (χ3n) is 2.30. The van der Waals surface area contributed by atoms with Crippen LogP contribution in [0.15, 0.2) is 12.2 Å². The predicted octanol–water partition coefficient (Wildman–Crippen LogP) is 2.87. The van der Waals surface area contributed by atoms with Crippen molar-refractivity contribution >= 4 is 6.09 Å². The van der Waals surface area contributed by atoms with Crippen molar-refractivity contribution in [2.45, 2.75) is 45.6 Å². The summed E-state index contributed by atoms with van der Waals surface area (Å²) in [5.74, 6) is 0.639. The van der Waals surface area contributed by atoms with Crippen molar-refractivity contribution in [3.8, 4) is 0 Å². The van der Waals surface area contributed by atoms with E-state index in [2.05, 4.69) is 17.5 Å². The Bertz CT molecular complexity index is 240. The molecule has 3 heteroatoms. The van der Waals surface area contributed by atoms with Gasteiger partial charge in [-0.1, -0.05) is 12.2 Å². The number of ether oxygens (including phenoxy) is 1. The maximum Gasteiger partial charge on any atom is 0.407 e. The van der Waals surface area contributed by atoms with Crippen molar-refractivity contribution in [2.75, 3.05) is 6.54 Å². The van der Waals surface area contributed by atoms with E-state index in [0.29, 0.717) is 12.5 Å². The van der Waals surface area contributed by atoms with Gasteiger partial charge in [0, 0.05) is 6.54 Å². The minimum atomic E-state index is -0.405. The van der Waals surface area contributed by atoms with Crippen LogP contribution in [-0.4, -0.2) is 18.2 Å². The molecule has 0 aromatic rings. The highest BCUT2D eigenvalue weighted by Crippen LogP contribution is 2.19. The summed E-state index contributed by atoms with van der Waals surface area (Å²) in [6, 6.07) is 0. The van der Waals surface area contributed by atoms with Gasteiger partial charge in [-0.3, -0.25) is 0 Å². The lowest BCUT2D eigenvalue weighted by atomic mass is 10.1. The van der Waals surface area contributed by atoms with E-state index < -0.39 is 5.60 Å². The second-order valence-corrected chi connectivity index (χ2v) is 4.98. The highest BCUT2D eigenvalue weighted by atomic mass is 16.6. The fourth-order valence-corrected chi connectivity index (χ4v) is 1.61. The van der Waals surface area contributed by atoms with Crippen LogP contribution in [0.2, 0.25) is 0 Å². The summed E-state index contributed by atoms with van der Waals surface area (Å²) in [7, 11) is 0. The van der Waals surface area contributed by atoms with Gasteiger partial charge in [0.05, 0.1) is 0 Å². The molecule has 15 heavy (non-hydrogen) atoms. The zero-order chi connectivity index (χ0) is 11.3. The lowest BCUT2D eigenvalue weighted by Crippen LogP contribution is -2.33. The minimum absolute atomic E-state index is 0.315. The predicted molar refractivity (Wildman–Crippen MR) is 60.7 cm³/mol. The molecule has 0 aliphatic heterocycles. The molecule has 0 radical (unpaired) electrons. The molecule has 0 aromatic carbocycles. The second-order valence-electron chi connectivity index (χ2n) is 4.98. The van der Waals surface area contributed by atoms with E-state index in [1.807, 2.05) is 20.8 Å². The SMILES string of the molecule is CC(C)(C)OC(=O)NCCC1C=CCC1. The molecule has 0 bridgehead atoms. The average Bonchev–Trinajstić information content (AvgIpc) is 2.53. The van der Waals surface area contributed by atoms with Crippen LogP contribution in [0, 0.1) is 5.92 Å². The smallest absolute Gasteiger partial charge is 0.407 e. The standard InChI is InChI=1S/C12H21NO2/c1-12(2,3)15-11(14)13-9-8-10-6-4-5-7-10/h4,6,10H,5,7-9H2,1-3H3,(H,13,14). The molecule has 1 N–H and O–H groups in total. The number of carbonyl (C=O) groups is 1. The van der Waals surface area contributed by atoms with Gasteiger partial charge in [-0.15, -0.1) is 0 Å². The van der Waals surface area contributed by atoms with Crippen LogP contribution in [0.3, 0.4) is 0 Å². The Balaban J connectivity index is 2.09. The number of allylic oxidation sites excluding steroid dienone is 2. The van der Waals surface area contributed by atoms with Gasteiger partial charge in [0.15, 0.2) is 0 Å². The van der Waals surface area contributed by atoms with Gasteiger partial charge in [-0.05, 0) is 46.0 Å². The Morgan fingerprint density at radius 2 is 2.27 bits per heavy atom. The lowest BCUT2D eigenvalue weighted by Gasteiger charge is -2.20. The van der Waals surface area contributed by atoms with Gasteiger partial charge in [0.1, 0.15) is 5.60 Å². The van der Waals surface area contributed by atoms with Crippen LogP contribution >= 0.6 is 0 Å². The molecule has 1 unspecified atom stereocenters. The number of carbonyl (C=O) groups excluding carboxylic acids is 1. The quantitative estimate of drug-likeness (QED) is 0.729. The van der Waals surface area contributed by atoms with Gasteiger partial charge in [0.2, 0.25) is 0 Å². The fourth-order valence-electron chi connectivity index (χ4n) is 1.61. The highest BCUT2D eigenvalue weighted by molar-refractivity contribution is 5.67. The molecule has 1 atom stereocenters. The normalized spacial score (nSPS) is 20.3. The van der Waals surface area contributed by atoms with Crippen LogP contribution in [0.25, 0.3) is 0 Å². The van der Waals surface area contributed by atoms with Crippen LogP contribution in [0.5, 0.6) is 0 Å². The molecule has 1 aliphatic rings. The van der Waals surface area contributed by atoms with Gasteiger partial charge in [-0.25, -0.2) is 4.79 Å². The Morgan fingerprint density at radius 3 is 2.80 bits per heavy atom. The molecule has 0 saturated heterocycles. The summed E-state index contributed by atoms with van der Waals surface area (Å²) in [5.41, 5.74) is -0.405. The monoisotopic (exact) mass is 211 g/mol. The Labute approximate surface area is 91.9 Å². The van der Waals surface area contributed by atoms with Crippen LogP contribution in [0.4, 0.5) is 4.79 Å². The van der Waals surface area contributed by atoms with Crippen molar-refractivity contribution < 1.29 is 9.53 Å². The van der Waals surface area contributed by atoms with Crippen molar-refractivity contribution in [3.05, 3.63) is 12.2 Å².